The van der Waals surface area contributed by atoms with Crippen molar-refractivity contribution >= 4 is 23.6 Å². The quantitative estimate of drug-likeness (QED) is 0.596. The summed E-state index contributed by atoms with van der Waals surface area (Å²) in [6.07, 6.45) is -0.103. The number of carbonyl (C=O) groups excluding carboxylic acids is 4. The Hall–Kier alpha value is -2.44. The van der Waals surface area contributed by atoms with E-state index in [9.17, 15) is 19.2 Å². The highest BCUT2D eigenvalue weighted by atomic mass is 16.5. The zero-order valence-corrected chi connectivity index (χ0v) is 11.8. The third-order valence-corrected chi connectivity index (χ3v) is 3.11. The van der Waals surface area contributed by atoms with Crippen LogP contribution in [0.15, 0.2) is 12.1 Å². The number of carbonyl (C=O) groups is 4. The fourth-order valence-electron chi connectivity index (χ4n) is 2.25. The monoisotopic (exact) mass is 293 g/mol. The molecular formula is C14H15NO6. The maximum Gasteiger partial charge on any atom is 0.355 e. The summed E-state index contributed by atoms with van der Waals surface area (Å²) in [6, 6.07) is 2.91. The predicted octanol–water partition coefficient (Wildman–Crippen LogP) is 0.609. The number of ether oxygens (including phenoxy) is 2. The second-order valence-electron chi connectivity index (χ2n) is 4.43. The Balaban J connectivity index is 2.40. The molecule has 0 amide bonds. The summed E-state index contributed by atoms with van der Waals surface area (Å²) in [5, 5.41) is 0. The number of hydrogen-bond acceptors (Lipinski definition) is 6. The lowest BCUT2D eigenvalue weighted by Gasteiger charge is -2.21. The topological polar surface area (TPSA) is 91.7 Å². The molecule has 1 aliphatic heterocycles. The lowest BCUT2D eigenvalue weighted by Crippen LogP contribution is -2.43. The molecule has 1 aliphatic rings. The molecule has 0 radical (unpaired) electrons. The van der Waals surface area contributed by atoms with Crippen LogP contribution in [0.5, 0.6) is 0 Å². The van der Waals surface area contributed by atoms with Gasteiger partial charge in [-0.2, -0.15) is 0 Å². The van der Waals surface area contributed by atoms with E-state index in [4.69, 9.17) is 9.47 Å². The summed E-state index contributed by atoms with van der Waals surface area (Å²) >= 11 is 0. The second kappa shape index (κ2) is 5.90. The maximum atomic E-state index is 12.4. The minimum atomic E-state index is -1.52. The molecule has 0 N–H and O–H groups in total. The fourth-order valence-corrected chi connectivity index (χ4v) is 2.25. The Bertz CT molecular complexity index is 615. The van der Waals surface area contributed by atoms with Gasteiger partial charge in [-0.1, -0.05) is 0 Å². The summed E-state index contributed by atoms with van der Waals surface area (Å²) in [6.45, 7) is 3.46. The molecule has 1 atom stereocenters. The normalized spacial score (nSPS) is 17.3. The van der Waals surface area contributed by atoms with E-state index in [0.29, 0.717) is 5.69 Å². The third kappa shape index (κ3) is 2.58. The molecule has 1 aromatic rings. The van der Waals surface area contributed by atoms with E-state index >= 15 is 0 Å². The molecule has 7 heteroatoms. The van der Waals surface area contributed by atoms with E-state index in [1.165, 1.54) is 12.1 Å². The minimum Gasteiger partial charge on any atom is -0.465 e. The summed E-state index contributed by atoms with van der Waals surface area (Å²) in [5.74, 6) is -4.37. The standard InChI is InChI=1S/C14H15NO6/c1-3-20-13(18)9-6-5-8-7-10(16)11(12(17)15(8)9)14(19)21-4-2/h5-6,11H,3-4,7H2,1-2H3/t11-/m1/s1. The molecule has 2 rings (SSSR count). The first kappa shape index (κ1) is 15.0. The van der Waals surface area contributed by atoms with Crippen LogP contribution in [0, 0.1) is 5.92 Å². The van der Waals surface area contributed by atoms with Crippen LogP contribution in [0.1, 0.15) is 34.8 Å². The highest BCUT2D eigenvalue weighted by Gasteiger charge is 2.42. The van der Waals surface area contributed by atoms with Crippen LogP contribution >= 0.6 is 0 Å². The SMILES string of the molecule is CCOC(=O)c1ccc2n1C(=O)[C@H](C(=O)OCC)C(=O)C2. The fraction of sp³-hybridized carbons (Fsp3) is 0.429. The summed E-state index contributed by atoms with van der Waals surface area (Å²) < 4.78 is 10.7. The first-order valence-corrected chi connectivity index (χ1v) is 6.62. The number of esters is 2. The Morgan fingerprint density at radius 3 is 2.48 bits per heavy atom. The number of nitrogens with zero attached hydrogens (tertiary/aromatic N) is 1. The van der Waals surface area contributed by atoms with E-state index in [1.54, 1.807) is 13.8 Å². The van der Waals surface area contributed by atoms with Crippen LogP contribution in [-0.2, 0) is 25.5 Å². The Kier molecular flexibility index (Phi) is 4.21. The molecule has 0 saturated carbocycles. The van der Waals surface area contributed by atoms with E-state index in [-0.39, 0.29) is 25.3 Å². The first-order valence-electron chi connectivity index (χ1n) is 6.62. The molecule has 1 aromatic heterocycles. The van der Waals surface area contributed by atoms with E-state index < -0.39 is 29.5 Å². The average Bonchev–Trinajstić information content (AvgIpc) is 2.83. The van der Waals surface area contributed by atoms with Gasteiger partial charge in [0.2, 0.25) is 0 Å². The van der Waals surface area contributed by atoms with Crippen molar-refractivity contribution in [3.05, 3.63) is 23.5 Å². The van der Waals surface area contributed by atoms with Crippen molar-refractivity contribution in [2.75, 3.05) is 13.2 Å². The van der Waals surface area contributed by atoms with Crippen LogP contribution in [0.3, 0.4) is 0 Å². The maximum absolute atomic E-state index is 12.4. The Morgan fingerprint density at radius 1 is 1.19 bits per heavy atom. The van der Waals surface area contributed by atoms with Crippen LogP contribution in [0.2, 0.25) is 0 Å². The lowest BCUT2D eigenvalue weighted by molar-refractivity contribution is -0.149. The molecular weight excluding hydrogens is 278 g/mol. The molecule has 0 aromatic carbocycles. The molecule has 0 unspecified atom stereocenters. The van der Waals surface area contributed by atoms with Crippen molar-refractivity contribution in [3.8, 4) is 0 Å². The summed E-state index contributed by atoms with van der Waals surface area (Å²) in [5.41, 5.74) is 0.382. The van der Waals surface area contributed by atoms with Crippen LogP contribution in [-0.4, -0.2) is 41.4 Å². The van der Waals surface area contributed by atoms with Gasteiger partial charge in [0.15, 0.2) is 11.7 Å². The van der Waals surface area contributed by atoms with Gasteiger partial charge in [-0.3, -0.25) is 19.0 Å². The number of hydrogen-bond donors (Lipinski definition) is 0. The largest absolute Gasteiger partial charge is 0.465 e. The molecule has 112 valence electrons. The van der Waals surface area contributed by atoms with E-state index in [0.717, 1.165) is 4.57 Å². The molecule has 2 heterocycles. The van der Waals surface area contributed by atoms with Crippen molar-refractivity contribution in [2.24, 2.45) is 5.92 Å². The second-order valence-corrected chi connectivity index (χ2v) is 4.43. The van der Waals surface area contributed by atoms with E-state index in [2.05, 4.69) is 0 Å². The van der Waals surface area contributed by atoms with E-state index in [1.807, 2.05) is 0 Å². The molecule has 7 nitrogen and oxygen atoms in total. The first-order chi connectivity index (χ1) is 10.0. The molecule has 21 heavy (non-hydrogen) atoms. The smallest absolute Gasteiger partial charge is 0.355 e. The zero-order valence-electron chi connectivity index (χ0n) is 11.8. The zero-order chi connectivity index (χ0) is 15.6. The lowest BCUT2D eigenvalue weighted by atomic mass is 9.95. The highest BCUT2D eigenvalue weighted by Crippen LogP contribution is 2.22. The number of Topliss-reactive ketones (excluding diaryl/α,β-unsaturated/α-hetero) is 1. The van der Waals surface area contributed by atoms with Crippen molar-refractivity contribution in [1.82, 2.24) is 4.57 Å². The van der Waals surface area contributed by atoms with Crippen LogP contribution in [0.4, 0.5) is 0 Å². The number of rotatable bonds is 4. The van der Waals surface area contributed by atoms with Gasteiger partial charge in [-0.05, 0) is 26.0 Å². The minimum absolute atomic E-state index is 0.0126. The third-order valence-electron chi connectivity index (χ3n) is 3.11. The van der Waals surface area contributed by atoms with Crippen LogP contribution < -0.4 is 0 Å². The summed E-state index contributed by atoms with van der Waals surface area (Å²) in [7, 11) is 0. The molecule has 0 fully saturated rings. The molecule has 0 saturated heterocycles. The van der Waals surface area contributed by atoms with Gasteiger partial charge in [-0.25, -0.2) is 4.79 Å². The highest BCUT2D eigenvalue weighted by molar-refractivity contribution is 6.20. The predicted molar refractivity (Wildman–Crippen MR) is 69.8 cm³/mol. The van der Waals surface area contributed by atoms with Gasteiger partial charge in [0.25, 0.3) is 5.91 Å². The van der Waals surface area contributed by atoms with Gasteiger partial charge >= 0.3 is 11.9 Å². The van der Waals surface area contributed by atoms with Crippen molar-refractivity contribution < 1.29 is 28.7 Å². The Morgan fingerprint density at radius 2 is 1.86 bits per heavy atom. The van der Waals surface area contributed by atoms with Gasteiger partial charge in [0.1, 0.15) is 5.69 Å². The Labute approximate surface area is 120 Å². The van der Waals surface area contributed by atoms with Gasteiger partial charge in [-0.15, -0.1) is 0 Å². The molecule has 0 aliphatic carbocycles. The van der Waals surface area contributed by atoms with Crippen molar-refractivity contribution in [3.63, 3.8) is 0 Å². The van der Waals surface area contributed by atoms with Crippen molar-refractivity contribution in [2.45, 2.75) is 20.3 Å². The molecule has 0 spiro atoms. The molecule has 0 bridgehead atoms. The average molecular weight is 293 g/mol. The van der Waals surface area contributed by atoms with Crippen molar-refractivity contribution in [1.29, 1.82) is 0 Å². The van der Waals surface area contributed by atoms with Crippen LogP contribution in [0.25, 0.3) is 0 Å². The number of ketones is 1. The van der Waals surface area contributed by atoms with Gasteiger partial charge in [0.05, 0.1) is 13.2 Å². The van der Waals surface area contributed by atoms with Gasteiger partial charge < -0.3 is 9.47 Å². The van der Waals surface area contributed by atoms with Gasteiger partial charge in [0, 0.05) is 12.1 Å². The number of fused-ring (bicyclic) bond motifs is 1. The summed E-state index contributed by atoms with van der Waals surface area (Å²) in [4.78, 5) is 47.9. The number of aromatic nitrogens is 1.